The minimum atomic E-state index is -0.0960. The molecule has 0 spiro atoms. The lowest BCUT2D eigenvalue weighted by molar-refractivity contribution is 0.276. The number of benzene rings is 1. The Balaban J connectivity index is 1.78. The van der Waals surface area contributed by atoms with Gasteiger partial charge in [0.05, 0.1) is 25.0 Å². The molecule has 0 aliphatic carbocycles. The molecular weight excluding hydrogens is 340 g/mol. The van der Waals surface area contributed by atoms with Crippen molar-refractivity contribution in [3.8, 4) is 10.6 Å². The van der Waals surface area contributed by atoms with Gasteiger partial charge in [-0.15, -0.1) is 16.4 Å². The Morgan fingerprint density at radius 1 is 1.20 bits per heavy atom. The fourth-order valence-electron chi connectivity index (χ4n) is 1.76. The van der Waals surface area contributed by atoms with E-state index in [9.17, 15) is 0 Å². The van der Waals surface area contributed by atoms with Crippen molar-refractivity contribution in [2.24, 2.45) is 0 Å². The first-order valence-electron chi connectivity index (χ1n) is 5.95. The summed E-state index contributed by atoms with van der Waals surface area (Å²) in [6, 6.07) is 8.07. The molecule has 7 heteroatoms. The molecule has 0 amide bonds. The van der Waals surface area contributed by atoms with Crippen LogP contribution in [0.25, 0.3) is 10.6 Å². The zero-order valence-electron chi connectivity index (χ0n) is 10.4. The van der Waals surface area contributed by atoms with Crippen LogP contribution in [0.2, 0.25) is 0 Å². The molecule has 0 radical (unpaired) electrons. The molecule has 0 aliphatic rings. The molecule has 2 heterocycles. The topological polar surface area (TPSA) is 63.8 Å². The maximum atomic E-state index is 8.96. The highest BCUT2D eigenvalue weighted by atomic mass is 79.9. The molecule has 2 aromatic heterocycles. The Morgan fingerprint density at radius 3 is 2.70 bits per heavy atom. The van der Waals surface area contributed by atoms with Gasteiger partial charge in [-0.3, -0.25) is 0 Å². The van der Waals surface area contributed by atoms with Crippen molar-refractivity contribution in [1.29, 1.82) is 0 Å². The van der Waals surface area contributed by atoms with E-state index >= 15 is 0 Å². The number of halogens is 1. The molecular formula is C13H11BrN4OS. The first kappa shape index (κ1) is 13.4. The number of aromatic nitrogens is 4. The molecule has 0 aliphatic heterocycles. The second kappa shape index (κ2) is 5.82. The lowest BCUT2D eigenvalue weighted by Crippen LogP contribution is -2.00. The van der Waals surface area contributed by atoms with Crippen LogP contribution in [-0.4, -0.2) is 25.1 Å². The first-order chi connectivity index (χ1) is 9.74. The molecule has 0 bridgehead atoms. The van der Waals surface area contributed by atoms with Gasteiger partial charge >= 0.3 is 0 Å². The molecule has 3 aromatic rings. The molecule has 0 atom stereocenters. The minimum Gasteiger partial charge on any atom is -0.390 e. The summed E-state index contributed by atoms with van der Waals surface area (Å²) in [5, 5.41) is 19.7. The zero-order valence-corrected chi connectivity index (χ0v) is 12.8. The van der Waals surface area contributed by atoms with E-state index in [2.05, 4.69) is 31.2 Å². The molecule has 0 saturated carbocycles. The quantitative estimate of drug-likeness (QED) is 0.785. The second-order valence-corrected chi connectivity index (χ2v) is 5.99. The average molecular weight is 351 g/mol. The van der Waals surface area contributed by atoms with E-state index in [1.54, 1.807) is 22.2 Å². The van der Waals surface area contributed by atoms with Gasteiger partial charge in [0.15, 0.2) is 0 Å². The number of thiazole rings is 1. The highest BCUT2D eigenvalue weighted by molar-refractivity contribution is 9.10. The summed E-state index contributed by atoms with van der Waals surface area (Å²) in [5.74, 6) is 0. The SMILES string of the molecule is OCc1cn(Cc2csc(-c3ccc(Br)cc3)n2)nn1. The van der Waals surface area contributed by atoms with Gasteiger partial charge in [-0.05, 0) is 12.1 Å². The van der Waals surface area contributed by atoms with Crippen LogP contribution in [0, 0.1) is 0 Å². The van der Waals surface area contributed by atoms with Crippen LogP contribution in [0.5, 0.6) is 0 Å². The maximum absolute atomic E-state index is 8.96. The molecule has 1 aromatic carbocycles. The highest BCUT2D eigenvalue weighted by Crippen LogP contribution is 2.25. The van der Waals surface area contributed by atoms with Gasteiger partial charge < -0.3 is 5.11 Å². The van der Waals surface area contributed by atoms with Gasteiger partial charge in [0.25, 0.3) is 0 Å². The van der Waals surface area contributed by atoms with Crippen molar-refractivity contribution >= 4 is 27.3 Å². The Kier molecular flexibility index (Phi) is 3.90. The maximum Gasteiger partial charge on any atom is 0.123 e. The van der Waals surface area contributed by atoms with Crippen LogP contribution >= 0.6 is 27.3 Å². The fourth-order valence-corrected chi connectivity index (χ4v) is 2.84. The van der Waals surface area contributed by atoms with Crippen LogP contribution in [0.15, 0.2) is 40.3 Å². The molecule has 20 heavy (non-hydrogen) atoms. The van der Waals surface area contributed by atoms with Crippen molar-refractivity contribution in [2.75, 3.05) is 0 Å². The average Bonchev–Trinajstić information content (AvgIpc) is 3.09. The lowest BCUT2D eigenvalue weighted by Gasteiger charge is -1.97. The zero-order chi connectivity index (χ0) is 13.9. The Morgan fingerprint density at radius 2 is 2.00 bits per heavy atom. The molecule has 1 N–H and O–H groups in total. The van der Waals surface area contributed by atoms with Gasteiger partial charge in [-0.1, -0.05) is 33.3 Å². The van der Waals surface area contributed by atoms with Gasteiger partial charge in [0.2, 0.25) is 0 Å². The van der Waals surface area contributed by atoms with Crippen molar-refractivity contribution < 1.29 is 5.11 Å². The van der Waals surface area contributed by atoms with Crippen LogP contribution < -0.4 is 0 Å². The van der Waals surface area contributed by atoms with Gasteiger partial charge in [0.1, 0.15) is 10.7 Å². The van der Waals surface area contributed by atoms with E-state index in [0.29, 0.717) is 12.2 Å². The summed E-state index contributed by atoms with van der Waals surface area (Å²) in [4.78, 5) is 4.59. The first-order valence-corrected chi connectivity index (χ1v) is 7.62. The lowest BCUT2D eigenvalue weighted by atomic mass is 10.2. The molecule has 102 valence electrons. The molecule has 3 rings (SSSR count). The summed E-state index contributed by atoms with van der Waals surface area (Å²) >= 11 is 5.02. The Bertz CT molecular complexity index is 707. The Labute approximate surface area is 128 Å². The van der Waals surface area contributed by atoms with Crippen molar-refractivity contribution in [1.82, 2.24) is 20.0 Å². The molecule has 0 saturated heterocycles. The predicted molar refractivity (Wildman–Crippen MR) is 80.3 cm³/mol. The minimum absolute atomic E-state index is 0.0960. The summed E-state index contributed by atoms with van der Waals surface area (Å²) in [7, 11) is 0. The van der Waals surface area contributed by atoms with Gasteiger partial charge in [0, 0.05) is 15.4 Å². The van der Waals surface area contributed by atoms with Crippen LogP contribution in [0.1, 0.15) is 11.4 Å². The third-order valence-corrected chi connectivity index (χ3v) is 4.18. The molecule has 0 fully saturated rings. The molecule has 0 unspecified atom stereocenters. The number of aliphatic hydroxyl groups is 1. The van der Waals surface area contributed by atoms with E-state index in [4.69, 9.17) is 5.11 Å². The van der Waals surface area contributed by atoms with Crippen molar-refractivity contribution in [3.05, 3.63) is 51.7 Å². The number of hydrogen-bond acceptors (Lipinski definition) is 5. The summed E-state index contributed by atoms with van der Waals surface area (Å²) < 4.78 is 2.73. The van der Waals surface area contributed by atoms with E-state index in [0.717, 1.165) is 20.7 Å². The highest BCUT2D eigenvalue weighted by Gasteiger charge is 2.06. The summed E-state index contributed by atoms with van der Waals surface area (Å²) in [5.41, 5.74) is 2.59. The normalized spacial score (nSPS) is 10.9. The summed E-state index contributed by atoms with van der Waals surface area (Å²) in [6.45, 7) is 0.460. The van der Waals surface area contributed by atoms with Crippen LogP contribution in [0.4, 0.5) is 0 Å². The monoisotopic (exact) mass is 350 g/mol. The second-order valence-electron chi connectivity index (χ2n) is 4.22. The van der Waals surface area contributed by atoms with E-state index < -0.39 is 0 Å². The van der Waals surface area contributed by atoms with Crippen molar-refractivity contribution in [2.45, 2.75) is 13.2 Å². The fraction of sp³-hybridized carbons (Fsp3) is 0.154. The third kappa shape index (κ3) is 2.95. The predicted octanol–water partition coefficient (Wildman–Crippen LogP) is 2.70. The van der Waals surface area contributed by atoms with Gasteiger partial charge in [-0.25, -0.2) is 9.67 Å². The number of aliphatic hydroxyl groups excluding tert-OH is 1. The molecule has 5 nitrogen and oxygen atoms in total. The van der Waals surface area contributed by atoms with Crippen molar-refractivity contribution in [3.63, 3.8) is 0 Å². The number of rotatable bonds is 4. The van der Waals surface area contributed by atoms with Crippen LogP contribution in [0.3, 0.4) is 0 Å². The number of hydrogen-bond donors (Lipinski definition) is 1. The van der Waals surface area contributed by atoms with Crippen LogP contribution in [-0.2, 0) is 13.2 Å². The standard InChI is InChI=1S/C13H11BrN4OS/c14-10-3-1-9(2-4-10)13-15-12(8-20-13)6-18-5-11(7-19)16-17-18/h1-5,8,19H,6-7H2. The Hall–Kier alpha value is -1.57. The largest absolute Gasteiger partial charge is 0.390 e. The van der Waals surface area contributed by atoms with Gasteiger partial charge in [-0.2, -0.15) is 0 Å². The summed E-state index contributed by atoms with van der Waals surface area (Å²) in [6.07, 6.45) is 1.72. The third-order valence-electron chi connectivity index (χ3n) is 2.72. The van der Waals surface area contributed by atoms with E-state index in [1.807, 2.05) is 29.6 Å². The smallest absolute Gasteiger partial charge is 0.123 e. The number of nitrogens with zero attached hydrogens (tertiary/aromatic N) is 4. The van der Waals surface area contributed by atoms with E-state index in [1.165, 1.54) is 0 Å². The van der Waals surface area contributed by atoms with E-state index in [-0.39, 0.29) is 6.61 Å².